The largest absolute Gasteiger partial charge is 0.330 e. The Kier molecular flexibility index (Phi) is 5.57. The number of nitrogens with two attached hydrogens (primary N) is 2. The van der Waals surface area contributed by atoms with Crippen LogP contribution in [0.5, 0.6) is 0 Å². The van der Waals surface area contributed by atoms with E-state index in [1.54, 1.807) is 0 Å². The zero-order chi connectivity index (χ0) is 10.5. The molecule has 0 amide bonds. The van der Waals surface area contributed by atoms with Gasteiger partial charge in [-0.2, -0.15) is 0 Å². The minimum Gasteiger partial charge on any atom is -0.330 e. The van der Waals surface area contributed by atoms with Gasteiger partial charge in [0.05, 0.1) is 0 Å². The Balaban J connectivity index is 4.30. The van der Waals surface area contributed by atoms with Gasteiger partial charge >= 0.3 is 0 Å². The van der Waals surface area contributed by atoms with Gasteiger partial charge in [-0.05, 0) is 43.2 Å². The van der Waals surface area contributed by atoms with Gasteiger partial charge in [-0.15, -0.1) is 0 Å². The van der Waals surface area contributed by atoms with Crippen molar-refractivity contribution in [2.24, 2.45) is 28.7 Å². The lowest BCUT2D eigenvalue weighted by Crippen LogP contribution is -2.40. The average molecular weight is 186 g/mol. The molecule has 0 aromatic rings. The Morgan fingerprint density at radius 2 is 1.15 bits per heavy atom. The Morgan fingerprint density at radius 3 is 1.31 bits per heavy atom. The zero-order valence-corrected chi connectivity index (χ0v) is 9.64. The molecule has 2 nitrogen and oxygen atoms in total. The summed E-state index contributed by atoms with van der Waals surface area (Å²) >= 11 is 0. The van der Waals surface area contributed by atoms with E-state index in [0.717, 1.165) is 25.9 Å². The highest BCUT2D eigenvalue weighted by molar-refractivity contribution is 4.83. The van der Waals surface area contributed by atoms with E-state index in [1.165, 1.54) is 0 Å². The van der Waals surface area contributed by atoms with E-state index in [9.17, 15) is 0 Å². The molecular formula is C11H26N2. The van der Waals surface area contributed by atoms with Crippen molar-refractivity contribution in [3.8, 4) is 0 Å². The number of rotatable bonds is 6. The molecule has 4 N–H and O–H groups in total. The molecule has 0 radical (unpaired) electrons. The second-order valence-electron chi connectivity index (χ2n) is 5.10. The van der Waals surface area contributed by atoms with E-state index in [1.807, 2.05) is 0 Å². The molecule has 80 valence electrons. The van der Waals surface area contributed by atoms with Crippen LogP contribution < -0.4 is 11.5 Å². The highest BCUT2D eigenvalue weighted by Crippen LogP contribution is 2.31. The first kappa shape index (κ1) is 12.9. The molecule has 0 unspecified atom stereocenters. The van der Waals surface area contributed by atoms with Crippen LogP contribution in [-0.2, 0) is 0 Å². The van der Waals surface area contributed by atoms with Crippen LogP contribution in [0.25, 0.3) is 0 Å². The third-order valence-electron chi connectivity index (χ3n) is 2.55. The molecule has 0 spiro atoms. The fourth-order valence-electron chi connectivity index (χ4n) is 2.23. The van der Waals surface area contributed by atoms with Crippen molar-refractivity contribution in [3.63, 3.8) is 0 Å². The molecule has 0 aromatic heterocycles. The van der Waals surface area contributed by atoms with E-state index in [4.69, 9.17) is 11.5 Å². The maximum atomic E-state index is 5.83. The monoisotopic (exact) mass is 186 g/mol. The van der Waals surface area contributed by atoms with Crippen molar-refractivity contribution in [2.75, 3.05) is 13.1 Å². The van der Waals surface area contributed by atoms with Gasteiger partial charge < -0.3 is 11.5 Å². The van der Waals surface area contributed by atoms with Crippen LogP contribution in [0.2, 0.25) is 0 Å². The molecule has 0 aromatic carbocycles. The lowest BCUT2D eigenvalue weighted by Gasteiger charge is -2.34. The summed E-state index contributed by atoms with van der Waals surface area (Å²) < 4.78 is 0. The summed E-state index contributed by atoms with van der Waals surface area (Å²) in [5.41, 5.74) is 11.9. The lowest BCUT2D eigenvalue weighted by molar-refractivity contribution is 0.199. The van der Waals surface area contributed by atoms with Crippen LogP contribution in [0.15, 0.2) is 0 Å². The molecule has 0 heterocycles. The van der Waals surface area contributed by atoms with Crippen LogP contribution in [0.4, 0.5) is 0 Å². The maximum absolute atomic E-state index is 5.83. The highest BCUT2D eigenvalue weighted by Gasteiger charge is 2.28. The second kappa shape index (κ2) is 5.61. The molecule has 2 heteroatoms. The van der Waals surface area contributed by atoms with Crippen molar-refractivity contribution >= 4 is 0 Å². The minimum atomic E-state index is 0.183. The molecule has 0 fully saturated rings. The minimum absolute atomic E-state index is 0.183. The fourth-order valence-corrected chi connectivity index (χ4v) is 2.23. The standard InChI is InChI=1S/C11H26N2/c1-9(2)5-11(7-12,8-13)6-10(3)4/h9-10H,5-8,12-13H2,1-4H3. The number of hydrogen-bond donors (Lipinski definition) is 2. The van der Waals surface area contributed by atoms with Gasteiger partial charge in [0.2, 0.25) is 0 Å². The van der Waals surface area contributed by atoms with Gasteiger partial charge in [0.1, 0.15) is 0 Å². The molecular weight excluding hydrogens is 160 g/mol. The smallest absolute Gasteiger partial charge is 0.000824 e. The molecule has 0 saturated heterocycles. The van der Waals surface area contributed by atoms with E-state index in [2.05, 4.69) is 27.7 Å². The van der Waals surface area contributed by atoms with Crippen molar-refractivity contribution in [2.45, 2.75) is 40.5 Å². The van der Waals surface area contributed by atoms with Gasteiger partial charge in [-0.1, -0.05) is 27.7 Å². The zero-order valence-electron chi connectivity index (χ0n) is 9.64. The van der Waals surface area contributed by atoms with Gasteiger partial charge in [-0.25, -0.2) is 0 Å². The molecule has 0 atom stereocenters. The average Bonchev–Trinajstić information content (AvgIpc) is 2.01. The van der Waals surface area contributed by atoms with E-state index in [-0.39, 0.29) is 5.41 Å². The molecule has 0 aliphatic heterocycles. The third kappa shape index (κ3) is 4.63. The topological polar surface area (TPSA) is 52.0 Å². The SMILES string of the molecule is CC(C)CC(CN)(CN)CC(C)C. The fraction of sp³-hybridized carbons (Fsp3) is 1.00. The Bertz CT molecular complexity index is 114. The molecule has 13 heavy (non-hydrogen) atoms. The third-order valence-corrected chi connectivity index (χ3v) is 2.55. The van der Waals surface area contributed by atoms with Crippen molar-refractivity contribution in [1.82, 2.24) is 0 Å². The molecule has 0 aliphatic rings. The van der Waals surface area contributed by atoms with Crippen molar-refractivity contribution in [1.29, 1.82) is 0 Å². The predicted octanol–water partition coefficient (Wildman–Crippen LogP) is 1.98. The Morgan fingerprint density at radius 1 is 0.846 bits per heavy atom. The summed E-state index contributed by atoms with van der Waals surface area (Å²) in [6, 6.07) is 0. The highest BCUT2D eigenvalue weighted by atomic mass is 14.7. The molecule has 0 aliphatic carbocycles. The quantitative estimate of drug-likeness (QED) is 0.666. The summed E-state index contributed by atoms with van der Waals surface area (Å²) in [7, 11) is 0. The summed E-state index contributed by atoms with van der Waals surface area (Å²) in [6.07, 6.45) is 2.30. The normalized spacial score (nSPS) is 12.9. The van der Waals surface area contributed by atoms with E-state index in [0.29, 0.717) is 11.8 Å². The summed E-state index contributed by atoms with van der Waals surface area (Å²) in [5, 5.41) is 0. The van der Waals surface area contributed by atoms with Crippen LogP contribution in [0.3, 0.4) is 0 Å². The first-order chi connectivity index (χ1) is 5.95. The van der Waals surface area contributed by atoms with Gasteiger partial charge in [0.25, 0.3) is 0 Å². The van der Waals surface area contributed by atoms with Gasteiger partial charge in [-0.3, -0.25) is 0 Å². The molecule has 0 bridgehead atoms. The summed E-state index contributed by atoms with van der Waals surface area (Å²) in [6.45, 7) is 10.4. The lowest BCUT2D eigenvalue weighted by atomic mass is 9.74. The predicted molar refractivity (Wildman–Crippen MR) is 59.5 cm³/mol. The van der Waals surface area contributed by atoms with Crippen LogP contribution in [-0.4, -0.2) is 13.1 Å². The van der Waals surface area contributed by atoms with Crippen LogP contribution in [0, 0.1) is 17.3 Å². The summed E-state index contributed by atoms with van der Waals surface area (Å²) in [5.74, 6) is 1.37. The Hall–Kier alpha value is -0.0800. The van der Waals surface area contributed by atoms with E-state index < -0.39 is 0 Å². The molecule has 0 saturated carbocycles. The Labute approximate surface area is 83.1 Å². The maximum Gasteiger partial charge on any atom is -0.000824 e. The van der Waals surface area contributed by atoms with Crippen molar-refractivity contribution in [3.05, 3.63) is 0 Å². The van der Waals surface area contributed by atoms with Gasteiger partial charge in [0, 0.05) is 0 Å². The summed E-state index contributed by atoms with van der Waals surface area (Å²) in [4.78, 5) is 0. The van der Waals surface area contributed by atoms with Crippen LogP contribution in [0.1, 0.15) is 40.5 Å². The first-order valence-electron chi connectivity index (χ1n) is 5.36. The number of hydrogen-bond acceptors (Lipinski definition) is 2. The van der Waals surface area contributed by atoms with Gasteiger partial charge in [0.15, 0.2) is 0 Å². The second-order valence-corrected chi connectivity index (χ2v) is 5.10. The van der Waals surface area contributed by atoms with Crippen molar-refractivity contribution < 1.29 is 0 Å². The van der Waals surface area contributed by atoms with E-state index >= 15 is 0 Å². The van der Waals surface area contributed by atoms with Crippen LogP contribution >= 0.6 is 0 Å². The first-order valence-corrected chi connectivity index (χ1v) is 5.36. The molecule has 0 rings (SSSR count).